The van der Waals surface area contributed by atoms with Gasteiger partial charge in [0.2, 0.25) is 11.8 Å². The first kappa shape index (κ1) is 16.7. The maximum Gasteiger partial charge on any atom is 0.245 e. The highest BCUT2D eigenvalue weighted by Crippen LogP contribution is 2.25. The summed E-state index contributed by atoms with van der Waals surface area (Å²) in [5, 5.41) is 13.5. The Morgan fingerprint density at radius 3 is 2.68 bits per heavy atom. The van der Waals surface area contributed by atoms with Crippen LogP contribution < -0.4 is 10.3 Å². The van der Waals surface area contributed by atoms with Crippen LogP contribution in [0.5, 0.6) is 5.75 Å². The van der Waals surface area contributed by atoms with Crippen LogP contribution in [-0.2, 0) is 9.59 Å². The van der Waals surface area contributed by atoms with Gasteiger partial charge < -0.3 is 10.0 Å². The lowest BCUT2D eigenvalue weighted by molar-refractivity contribution is -0.126. The smallest absolute Gasteiger partial charge is 0.245 e. The van der Waals surface area contributed by atoms with E-state index in [4.69, 9.17) is 0 Å². The molecule has 2 aromatic rings. The summed E-state index contributed by atoms with van der Waals surface area (Å²) in [4.78, 5) is 26.0. The molecule has 128 valence electrons. The van der Waals surface area contributed by atoms with Crippen molar-refractivity contribution in [3.63, 3.8) is 0 Å². The first-order chi connectivity index (χ1) is 12.0. The second-order valence-electron chi connectivity index (χ2n) is 6.03. The molecule has 0 aliphatic carbocycles. The number of hydrogen-bond acceptors (Lipinski definition) is 4. The molecule has 0 spiro atoms. The number of carbonyl (C=O) groups is 2. The monoisotopic (exact) mass is 337 g/mol. The first-order valence-electron chi connectivity index (χ1n) is 8.02. The van der Waals surface area contributed by atoms with Gasteiger partial charge in [-0.1, -0.05) is 29.8 Å². The number of aromatic hydroxyl groups is 1. The van der Waals surface area contributed by atoms with Crippen LogP contribution in [0.3, 0.4) is 0 Å². The van der Waals surface area contributed by atoms with E-state index in [2.05, 4.69) is 10.5 Å². The van der Waals surface area contributed by atoms with Gasteiger partial charge in [0.1, 0.15) is 5.75 Å². The number of nitrogens with zero attached hydrogens (tertiary/aromatic N) is 2. The van der Waals surface area contributed by atoms with Crippen molar-refractivity contribution in [2.24, 2.45) is 11.0 Å². The minimum atomic E-state index is -0.449. The summed E-state index contributed by atoms with van der Waals surface area (Å²) < 4.78 is 0. The number of hydrogen-bond donors (Lipinski definition) is 2. The van der Waals surface area contributed by atoms with Crippen molar-refractivity contribution in [1.29, 1.82) is 0 Å². The fraction of sp³-hybridized carbons (Fsp3) is 0.211. The van der Waals surface area contributed by atoms with Gasteiger partial charge in [-0.25, -0.2) is 5.43 Å². The minimum Gasteiger partial charge on any atom is -0.507 e. The molecule has 2 N–H and O–H groups in total. The molecule has 0 saturated carbocycles. The lowest BCUT2D eigenvalue weighted by Crippen LogP contribution is -2.30. The SMILES string of the molecule is Cc1ccc(N2C[C@H](C(=O)N/N=C\c3ccccc3O)CC2=O)cc1. The van der Waals surface area contributed by atoms with Gasteiger partial charge in [0.25, 0.3) is 0 Å². The van der Waals surface area contributed by atoms with Crippen molar-refractivity contribution >= 4 is 23.7 Å². The molecule has 0 bridgehead atoms. The van der Waals surface area contributed by atoms with Crippen molar-refractivity contribution in [2.75, 3.05) is 11.4 Å². The van der Waals surface area contributed by atoms with E-state index < -0.39 is 5.92 Å². The second-order valence-corrected chi connectivity index (χ2v) is 6.03. The number of aryl methyl sites for hydroxylation is 1. The fourth-order valence-corrected chi connectivity index (χ4v) is 2.71. The molecule has 0 radical (unpaired) electrons. The minimum absolute atomic E-state index is 0.0753. The molecule has 3 rings (SSSR count). The average Bonchev–Trinajstić information content (AvgIpc) is 2.99. The molecule has 0 aromatic heterocycles. The van der Waals surface area contributed by atoms with E-state index in [-0.39, 0.29) is 24.0 Å². The molecule has 1 fully saturated rings. The Morgan fingerprint density at radius 2 is 1.96 bits per heavy atom. The highest BCUT2D eigenvalue weighted by Gasteiger charge is 2.35. The summed E-state index contributed by atoms with van der Waals surface area (Å²) in [5.74, 6) is -0.749. The Balaban J connectivity index is 1.61. The topological polar surface area (TPSA) is 82.0 Å². The largest absolute Gasteiger partial charge is 0.507 e. The molecule has 1 heterocycles. The quantitative estimate of drug-likeness (QED) is 0.663. The molecule has 6 heteroatoms. The number of phenols is 1. The zero-order chi connectivity index (χ0) is 17.8. The molecular weight excluding hydrogens is 318 g/mol. The highest BCUT2D eigenvalue weighted by molar-refractivity contribution is 6.00. The van der Waals surface area contributed by atoms with E-state index in [1.165, 1.54) is 12.3 Å². The van der Waals surface area contributed by atoms with Gasteiger partial charge in [0, 0.05) is 24.2 Å². The molecule has 2 amide bonds. The normalized spacial score (nSPS) is 17.2. The van der Waals surface area contributed by atoms with E-state index in [0.29, 0.717) is 12.1 Å². The number of benzene rings is 2. The molecule has 1 aliphatic heterocycles. The number of amides is 2. The summed E-state index contributed by atoms with van der Waals surface area (Å²) in [5.41, 5.74) is 4.86. The number of rotatable bonds is 4. The van der Waals surface area contributed by atoms with Gasteiger partial charge in [-0.05, 0) is 31.2 Å². The molecular formula is C19H19N3O3. The predicted molar refractivity (Wildman–Crippen MR) is 95.5 cm³/mol. The van der Waals surface area contributed by atoms with Crippen molar-refractivity contribution < 1.29 is 14.7 Å². The summed E-state index contributed by atoms with van der Waals surface area (Å²) in [6.07, 6.45) is 1.54. The molecule has 1 aliphatic rings. The Hall–Kier alpha value is -3.15. The van der Waals surface area contributed by atoms with Gasteiger partial charge >= 0.3 is 0 Å². The molecule has 1 saturated heterocycles. The molecule has 6 nitrogen and oxygen atoms in total. The predicted octanol–water partition coefficient (Wildman–Crippen LogP) is 2.20. The van der Waals surface area contributed by atoms with E-state index in [9.17, 15) is 14.7 Å². The van der Waals surface area contributed by atoms with E-state index in [1.807, 2.05) is 31.2 Å². The molecule has 0 unspecified atom stereocenters. The van der Waals surface area contributed by atoms with Crippen LogP contribution in [-0.4, -0.2) is 29.7 Å². The fourth-order valence-electron chi connectivity index (χ4n) is 2.71. The maximum absolute atomic E-state index is 12.2. The number of anilines is 1. The van der Waals surface area contributed by atoms with Gasteiger partial charge in [-0.3, -0.25) is 9.59 Å². The van der Waals surface area contributed by atoms with Crippen molar-refractivity contribution in [3.8, 4) is 5.75 Å². The molecule has 2 aromatic carbocycles. The van der Waals surface area contributed by atoms with Crippen LogP contribution in [0.4, 0.5) is 5.69 Å². The highest BCUT2D eigenvalue weighted by atomic mass is 16.3. The van der Waals surface area contributed by atoms with Gasteiger partial charge in [-0.15, -0.1) is 0 Å². The van der Waals surface area contributed by atoms with Crippen molar-refractivity contribution in [2.45, 2.75) is 13.3 Å². The number of phenolic OH excluding ortho intramolecular Hbond substituents is 1. The number of hydrazone groups is 1. The van der Waals surface area contributed by atoms with E-state index in [1.54, 1.807) is 23.1 Å². The maximum atomic E-state index is 12.2. The summed E-state index contributed by atoms with van der Waals surface area (Å²) in [7, 11) is 0. The zero-order valence-electron chi connectivity index (χ0n) is 13.8. The van der Waals surface area contributed by atoms with Crippen molar-refractivity contribution in [3.05, 3.63) is 59.7 Å². The van der Waals surface area contributed by atoms with Gasteiger partial charge in [0.05, 0.1) is 12.1 Å². The average molecular weight is 337 g/mol. The summed E-state index contributed by atoms with van der Waals surface area (Å²) in [6.45, 7) is 2.31. The Kier molecular flexibility index (Phi) is 4.79. The Bertz CT molecular complexity index is 815. The summed E-state index contributed by atoms with van der Waals surface area (Å²) >= 11 is 0. The summed E-state index contributed by atoms with van der Waals surface area (Å²) in [6, 6.07) is 14.3. The number of nitrogens with one attached hydrogen (secondary N) is 1. The molecule has 25 heavy (non-hydrogen) atoms. The lowest BCUT2D eigenvalue weighted by atomic mass is 10.1. The van der Waals surface area contributed by atoms with Crippen LogP contribution in [0, 0.1) is 12.8 Å². The van der Waals surface area contributed by atoms with Crippen LogP contribution in [0.15, 0.2) is 53.6 Å². The Morgan fingerprint density at radius 1 is 1.24 bits per heavy atom. The molecule has 1 atom stereocenters. The Labute approximate surface area is 145 Å². The lowest BCUT2D eigenvalue weighted by Gasteiger charge is -2.16. The van der Waals surface area contributed by atoms with Crippen LogP contribution in [0.25, 0.3) is 0 Å². The third-order valence-corrected chi connectivity index (χ3v) is 4.16. The van der Waals surface area contributed by atoms with Gasteiger partial charge in [-0.2, -0.15) is 5.10 Å². The zero-order valence-corrected chi connectivity index (χ0v) is 13.8. The van der Waals surface area contributed by atoms with E-state index in [0.717, 1.165) is 11.3 Å². The van der Waals surface area contributed by atoms with Crippen molar-refractivity contribution in [1.82, 2.24) is 5.43 Å². The third kappa shape index (κ3) is 3.85. The van der Waals surface area contributed by atoms with Crippen LogP contribution >= 0.6 is 0 Å². The number of para-hydroxylation sites is 1. The number of carbonyl (C=O) groups excluding carboxylic acids is 2. The first-order valence-corrected chi connectivity index (χ1v) is 8.02. The van der Waals surface area contributed by atoms with E-state index >= 15 is 0 Å². The second kappa shape index (κ2) is 7.17. The third-order valence-electron chi connectivity index (χ3n) is 4.16. The van der Waals surface area contributed by atoms with Crippen LogP contribution in [0.2, 0.25) is 0 Å². The van der Waals surface area contributed by atoms with Crippen LogP contribution in [0.1, 0.15) is 17.5 Å². The van der Waals surface area contributed by atoms with Gasteiger partial charge in [0.15, 0.2) is 0 Å². The standard InChI is InChI=1S/C19H19N3O3/c1-13-6-8-16(9-7-13)22-12-15(10-18(22)24)19(25)21-20-11-14-4-2-3-5-17(14)23/h2-9,11,15,23H,10,12H2,1H3,(H,21,25)/b20-11-/t15-/m1/s1.